The van der Waals surface area contributed by atoms with E-state index < -0.39 is 17.7 Å². The van der Waals surface area contributed by atoms with Crippen LogP contribution in [0.15, 0.2) is 112 Å². The molecular weight excluding hydrogens is 608 g/mol. The van der Waals surface area contributed by atoms with E-state index in [2.05, 4.69) is 5.32 Å². The van der Waals surface area contributed by atoms with Crippen LogP contribution < -0.4 is 29.7 Å². The first-order valence-corrected chi connectivity index (χ1v) is 15.2. The van der Waals surface area contributed by atoms with Gasteiger partial charge in [-0.1, -0.05) is 65.9 Å². The number of nitrogens with one attached hydrogen (secondary N) is 1. The summed E-state index contributed by atoms with van der Waals surface area (Å²) in [6, 6.07) is 24.6. The van der Waals surface area contributed by atoms with Gasteiger partial charge in [-0.15, -0.1) is 0 Å². The van der Waals surface area contributed by atoms with Gasteiger partial charge in [0.15, 0.2) is 16.4 Å². The molecule has 6 rings (SSSR count). The summed E-state index contributed by atoms with van der Waals surface area (Å²) in [5, 5.41) is 3.01. The Morgan fingerprint density at radius 3 is 2.46 bits per heavy atom. The molecule has 0 fully saturated rings. The number of nitrogens with zero attached hydrogens (tertiary/aromatic N) is 2. The van der Waals surface area contributed by atoms with Crippen molar-refractivity contribution in [2.45, 2.75) is 26.5 Å². The van der Waals surface area contributed by atoms with Crippen molar-refractivity contribution in [2.24, 2.45) is 4.99 Å². The zero-order chi connectivity index (χ0) is 32.4. The van der Waals surface area contributed by atoms with Crippen LogP contribution >= 0.6 is 11.3 Å². The maximum atomic E-state index is 14.2. The van der Waals surface area contributed by atoms with Gasteiger partial charge in [0.1, 0.15) is 18.2 Å². The Labute approximate surface area is 267 Å². The first-order valence-electron chi connectivity index (χ1n) is 14.4. The van der Waals surface area contributed by atoms with Crippen LogP contribution in [0.1, 0.15) is 35.2 Å². The Morgan fingerprint density at radius 2 is 1.72 bits per heavy atom. The van der Waals surface area contributed by atoms with E-state index in [1.54, 1.807) is 35.8 Å². The van der Waals surface area contributed by atoms with Crippen molar-refractivity contribution < 1.29 is 23.0 Å². The molecule has 1 aliphatic heterocycles. The minimum atomic E-state index is -0.813. The first-order chi connectivity index (χ1) is 22.2. The fourth-order valence-electron chi connectivity index (χ4n) is 5.37. The van der Waals surface area contributed by atoms with Gasteiger partial charge in [-0.2, -0.15) is 0 Å². The van der Waals surface area contributed by atoms with Crippen LogP contribution in [-0.4, -0.2) is 17.6 Å². The second-order valence-corrected chi connectivity index (χ2v) is 11.7. The van der Waals surface area contributed by atoms with Crippen molar-refractivity contribution >= 4 is 29.0 Å². The molecular formula is C36H29F2N3O4S. The first kappa shape index (κ1) is 30.7. The number of thiazole rings is 1. The Kier molecular flexibility index (Phi) is 8.63. The molecule has 1 amide bonds. The predicted octanol–water partition coefficient (Wildman–Crippen LogP) is 6.05. The molecule has 10 heteroatoms. The van der Waals surface area contributed by atoms with Gasteiger partial charge in [0.2, 0.25) is 0 Å². The molecule has 4 aromatic carbocycles. The van der Waals surface area contributed by atoms with Crippen LogP contribution in [0.4, 0.5) is 14.5 Å². The van der Waals surface area contributed by atoms with Crippen molar-refractivity contribution in [3.63, 3.8) is 0 Å². The van der Waals surface area contributed by atoms with Crippen LogP contribution in [0.2, 0.25) is 0 Å². The van der Waals surface area contributed by atoms with Gasteiger partial charge in [-0.3, -0.25) is 14.2 Å². The van der Waals surface area contributed by atoms with Gasteiger partial charge in [-0.25, -0.2) is 13.8 Å². The van der Waals surface area contributed by atoms with Crippen molar-refractivity contribution in [1.29, 1.82) is 0 Å². The van der Waals surface area contributed by atoms with Gasteiger partial charge in [0, 0.05) is 17.3 Å². The smallest absolute Gasteiger partial charge is 0.271 e. The SMILES string of the molecule is COc1ccc(C=c2sc3n(c2=O)[C@@H](c2ccccc2)C(C(=O)Nc2ccccc2C)=C(C)N=3)cc1COc1ccc(F)cc1F. The molecule has 1 N–H and O–H groups in total. The number of anilines is 1. The lowest BCUT2D eigenvalue weighted by Gasteiger charge is -2.25. The van der Waals surface area contributed by atoms with Crippen LogP contribution in [0, 0.1) is 18.6 Å². The third-order valence-electron chi connectivity index (χ3n) is 7.65. The molecule has 7 nitrogen and oxygen atoms in total. The monoisotopic (exact) mass is 637 g/mol. The standard InChI is InChI=1S/C36H29F2N3O4S/c1-21-9-7-8-12-28(21)40-34(42)32-22(2)39-36-41(33(32)24-10-5-4-6-11-24)35(43)31(46-36)18-23-13-15-29(44-3)25(17-23)20-45-30-16-14-26(37)19-27(30)38/h4-19,33H,20H2,1-3H3,(H,40,42)/t33-/m0/s1. The van der Waals surface area contributed by atoms with Crippen LogP contribution in [0.5, 0.6) is 11.5 Å². The summed E-state index contributed by atoms with van der Waals surface area (Å²) in [5.74, 6) is -1.44. The molecule has 0 bridgehead atoms. The highest BCUT2D eigenvalue weighted by molar-refractivity contribution is 7.07. The maximum Gasteiger partial charge on any atom is 0.271 e. The molecule has 1 aliphatic rings. The second-order valence-electron chi connectivity index (χ2n) is 10.7. The topological polar surface area (TPSA) is 81.9 Å². The molecule has 0 unspecified atom stereocenters. The van der Waals surface area contributed by atoms with E-state index in [9.17, 15) is 18.4 Å². The molecule has 2 heterocycles. The summed E-state index contributed by atoms with van der Waals surface area (Å²) in [6.07, 6.45) is 1.74. The fourth-order valence-corrected chi connectivity index (χ4v) is 6.41. The van der Waals surface area contributed by atoms with Gasteiger partial charge in [-0.05, 0) is 66.9 Å². The van der Waals surface area contributed by atoms with E-state index in [4.69, 9.17) is 14.5 Å². The number of para-hydroxylation sites is 1. The Bertz CT molecular complexity index is 2170. The number of hydrogen-bond donors (Lipinski definition) is 1. The fraction of sp³-hybridized carbons (Fsp3) is 0.139. The number of fused-ring (bicyclic) bond motifs is 1. The van der Waals surface area contributed by atoms with E-state index in [1.807, 2.05) is 61.5 Å². The molecule has 46 heavy (non-hydrogen) atoms. The Morgan fingerprint density at radius 1 is 0.978 bits per heavy atom. The van der Waals surface area contributed by atoms with Crippen molar-refractivity contribution in [3.05, 3.63) is 156 Å². The molecule has 0 saturated heterocycles. The van der Waals surface area contributed by atoms with Crippen LogP contribution in [-0.2, 0) is 11.4 Å². The summed E-state index contributed by atoms with van der Waals surface area (Å²) < 4.78 is 40.6. The number of rotatable bonds is 8. The largest absolute Gasteiger partial charge is 0.496 e. The number of methoxy groups -OCH3 is 1. The lowest BCUT2D eigenvalue weighted by molar-refractivity contribution is -0.113. The molecule has 5 aromatic rings. The molecule has 1 aromatic heterocycles. The third kappa shape index (κ3) is 6.12. The molecule has 0 spiro atoms. The van der Waals surface area contributed by atoms with Crippen LogP contribution in [0.25, 0.3) is 6.08 Å². The molecule has 0 radical (unpaired) electrons. The Balaban J connectivity index is 1.39. The highest BCUT2D eigenvalue weighted by Gasteiger charge is 2.32. The number of carbonyl (C=O) groups is 1. The van der Waals surface area contributed by atoms with E-state index >= 15 is 0 Å². The number of benzene rings is 4. The number of ether oxygens (including phenoxy) is 2. The van der Waals surface area contributed by atoms with Crippen molar-refractivity contribution in [3.8, 4) is 11.5 Å². The number of halogens is 2. The number of amides is 1. The number of allylic oxidation sites excluding steroid dienone is 1. The summed E-state index contributed by atoms with van der Waals surface area (Å²) in [7, 11) is 1.51. The normalized spacial score (nSPS) is 14.5. The number of aryl methyl sites for hydroxylation is 1. The highest BCUT2D eigenvalue weighted by atomic mass is 32.1. The van der Waals surface area contributed by atoms with E-state index in [-0.39, 0.29) is 23.8 Å². The summed E-state index contributed by atoms with van der Waals surface area (Å²) in [5.41, 5.74) is 4.24. The number of aromatic nitrogens is 1. The number of carbonyl (C=O) groups excluding carboxylic acids is 1. The Hall–Kier alpha value is -5.35. The van der Waals surface area contributed by atoms with E-state index in [0.717, 1.165) is 23.3 Å². The summed E-state index contributed by atoms with van der Waals surface area (Å²) in [4.78, 5) is 33.1. The van der Waals surface area contributed by atoms with Gasteiger partial charge in [0.05, 0.1) is 29.0 Å². The molecule has 0 saturated carbocycles. The van der Waals surface area contributed by atoms with Gasteiger partial charge in [0.25, 0.3) is 11.5 Å². The molecule has 0 aliphatic carbocycles. The van der Waals surface area contributed by atoms with Gasteiger partial charge >= 0.3 is 0 Å². The van der Waals surface area contributed by atoms with E-state index in [0.29, 0.717) is 43.2 Å². The predicted molar refractivity (Wildman–Crippen MR) is 174 cm³/mol. The average molecular weight is 638 g/mol. The van der Waals surface area contributed by atoms with Gasteiger partial charge < -0.3 is 14.8 Å². The van der Waals surface area contributed by atoms with E-state index in [1.165, 1.54) is 24.5 Å². The van der Waals surface area contributed by atoms with Crippen LogP contribution in [0.3, 0.4) is 0 Å². The third-order valence-corrected chi connectivity index (χ3v) is 8.64. The molecule has 1 atom stereocenters. The summed E-state index contributed by atoms with van der Waals surface area (Å²) in [6.45, 7) is 3.64. The lowest BCUT2D eigenvalue weighted by atomic mass is 9.95. The van der Waals surface area contributed by atoms with Crippen molar-refractivity contribution in [1.82, 2.24) is 4.57 Å². The minimum Gasteiger partial charge on any atom is -0.496 e. The average Bonchev–Trinajstić information content (AvgIpc) is 3.35. The minimum absolute atomic E-state index is 0.0543. The molecule has 232 valence electrons. The quantitative estimate of drug-likeness (QED) is 0.225. The summed E-state index contributed by atoms with van der Waals surface area (Å²) >= 11 is 1.22. The zero-order valence-corrected chi connectivity index (χ0v) is 26.0. The second kappa shape index (κ2) is 12.9. The number of hydrogen-bond acceptors (Lipinski definition) is 6. The van der Waals surface area contributed by atoms with Crippen molar-refractivity contribution in [2.75, 3.05) is 12.4 Å². The lowest BCUT2D eigenvalue weighted by Crippen LogP contribution is -2.40. The highest BCUT2D eigenvalue weighted by Crippen LogP contribution is 2.31. The maximum absolute atomic E-state index is 14.2. The zero-order valence-electron chi connectivity index (χ0n) is 25.2.